The molecule has 0 radical (unpaired) electrons. The lowest BCUT2D eigenvalue weighted by Crippen LogP contribution is -2.38. The van der Waals surface area contributed by atoms with Gasteiger partial charge in [-0.05, 0) is 57.8 Å². The molecule has 1 saturated carbocycles. The SMILES string of the molecule is CC(C)C1CCCC2(CCC(C)(C)O2)C1. The van der Waals surface area contributed by atoms with E-state index in [1.165, 1.54) is 38.5 Å². The van der Waals surface area contributed by atoms with E-state index in [4.69, 9.17) is 4.74 Å². The van der Waals surface area contributed by atoms with Crippen molar-refractivity contribution < 1.29 is 4.74 Å². The molecule has 1 spiro atoms. The van der Waals surface area contributed by atoms with Crippen molar-refractivity contribution in [3.05, 3.63) is 0 Å². The fourth-order valence-electron chi connectivity index (χ4n) is 3.47. The van der Waals surface area contributed by atoms with Crippen LogP contribution in [0.3, 0.4) is 0 Å². The van der Waals surface area contributed by atoms with Crippen LogP contribution in [0.15, 0.2) is 0 Å². The van der Waals surface area contributed by atoms with E-state index in [1.807, 2.05) is 0 Å². The maximum Gasteiger partial charge on any atom is 0.0693 e. The molecule has 15 heavy (non-hydrogen) atoms. The molecule has 0 aromatic carbocycles. The molecule has 0 N–H and O–H groups in total. The molecule has 1 saturated heterocycles. The Morgan fingerprint density at radius 2 is 1.87 bits per heavy atom. The van der Waals surface area contributed by atoms with Crippen LogP contribution in [0.2, 0.25) is 0 Å². The topological polar surface area (TPSA) is 9.23 Å². The molecular formula is C14H26O. The number of ether oxygens (including phenoxy) is 1. The zero-order valence-corrected chi connectivity index (χ0v) is 10.8. The lowest BCUT2D eigenvalue weighted by atomic mass is 9.72. The summed E-state index contributed by atoms with van der Waals surface area (Å²) < 4.78 is 6.36. The van der Waals surface area contributed by atoms with Crippen LogP contribution in [-0.2, 0) is 4.74 Å². The van der Waals surface area contributed by atoms with Crippen molar-refractivity contribution >= 4 is 0 Å². The Kier molecular flexibility index (Phi) is 2.87. The van der Waals surface area contributed by atoms with E-state index in [9.17, 15) is 0 Å². The van der Waals surface area contributed by atoms with E-state index in [0.717, 1.165) is 11.8 Å². The Hall–Kier alpha value is -0.0400. The first kappa shape index (κ1) is 11.4. The van der Waals surface area contributed by atoms with Gasteiger partial charge in [-0.2, -0.15) is 0 Å². The Labute approximate surface area is 94.6 Å². The zero-order chi connectivity index (χ0) is 11.1. The molecule has 2 atom stereocenters. The smallest absolute Gasteiger partial charge is 0.0693 e. The van der Waals surface area contributed by atoms with Gasteiger partial charge in [0, 0.05) is 0 Å². The predicted molar refractivity (Wildman–Crippen MR) is 63.9 cm³/mol. The molecule has 0 aromatic heterocycles. The largest absolute Gasteiger partial charge is 0.369 e. The molecule has 2 rings (SSSR count). The molecule has 2 unspecified atom stereocenters. The molecule has 2 aliphatic rings. The quantitative estimate of drug-likeness (QED) is 0.631. The minimum atomic E-state index is 0.138. The third-order valence-corrected chi connectivity index (χ3v) is 4.46. The van der Waals surface area contributed by atoms with Crippen molar-refractivity contribution in [3.8, 4) is 0 Å². The minimum Gasteiger partial charge on any atom is -0.369 e. The predicted octanol–water partition coefficient (Wildman–Crippen LogP) is 4.16. The molecule has 1 nitrogen and oxygen atoms in total. The Morgan fingerprint density at radius 3 is 2.40 bits per heavy atom. The fourth-order valence-corrected chi connectivity index (χ4v) is 3.47. The average Bonchev–Trinajstić information content (AvgIpc) is 2.42. The van der Waals surface area contributed by atoms with E-state index in [1.54, 1.807) is 0 Å². The van der Waals surface area contributed by atoms with Crippen LogP contribution in [0.4, 0.5) is 0 Å². The highest BCUT2D eigenvalue weighted by Crippen LogP contribution is 2.48. The van der Waals surface area contributed by atoms with Gasteiger partial charge in [0.25, 0.3) is 0 Å². The first-order valence-corrected chi connectivity index (χ1v) is 6.63. The van der Waals surface area contributed by atoms with E-state index in [-0.39, 0.29) is 11.2 Å². The molecule has 1 heterocycles. The van der Waals surface area contributed by atoms with Crippen molar-refractivity contribution in [2.45, 2.75) is 77.4 Å². The Bertz CT molecular complexity index is 231. The van der Waals surface area contributed by atoms with Gasteiger partial charge in [0.1, 0.15) is 0 Å². The van der Waals surface area contributed by atoms with Gasteiger partial charge < -0.3 is 4.74 Å². The molecule has 0 amide bonds. The van der Waals surface area contributed by atoms with E-state index in [2.05, 4.69) is 27.7 Å². The summed E-state index contributed by atoms with van der Waals surface area (Å²) in [7, 11) is 0. The maximum absolute atomic E-state index is 6.36. The van der Waals surface area contributed by atoms with Crippen LogP contribution in [-0.4, -0.2) is 11.2 Å². The molecule has 2 fully saturated rings. The van der Waals surface area contributed by atoms with Gasteiger partial charge in [-0.3, -0.25) is 0 Å². The monoisotopic (exact) mass is 210 g/mol. The second kappa shape index (κ2) is 3.76. The van der Waals surface area contributed by atoms with Crippen LogP contribution < -0.4 is 0 Å². The molecule has 88 valence electrons. The average molecular weight is 210 g/mol. The highest BCUT2D eigenvalue weighted by Gasteiger charge is 2.46. The summed E-state index contributed by atoms with van der Waals surface area (Å²) in [5, 5.41) is 0. The van der Waals surface area contributed by atoms with E-state index >= 15 is 0 Å². The van der Waals surface area contributed by atoms with Crippen molar-refractivity contribution in [3.63, 3.8) is 0 Å². The molecule has 0 aromatic rings. The lowest BCUT2D eigenvalue weighted by molar-refractivity contribution is -0.115. The highest BCUT2D eigenvalue weighted by molar-refractivity contribution is 4.97. The van der Waals surface area contributed by atoms with Crippen molar-refractivity contribution in [1.82, 2.24) is 0 Å². The molecule has 1 aliphatic heterocycles. The van der Waals surface area contributed by atoms with E-state index in [0.29, 0.717) is 0 Å². The van der Waals surface area contributed by atoms with Crippen LogP contribution in [0.25, 0.3) is 0 Å². The zero-order valence-electron chi connectivity index (χ0n) is 10.8. The first-order valence-electron chi connectivity index (χ1n) is 6.63. The van der Waals surface area contributed by atoms with Gasteiger partial charge in [0.2, 0.25) is 0 Å². The second-order valence-electron chi connectivity index (χ2n) is 6.65. The standard InChI is InChI=1S/C14H26O/c1-11(2)12-6-5-7-14(10-12)9-8-13(3,4)15-14/h11-12H,5-10H2,1-4H3. The van der Waals surface area contributed by atoms with Gasteiger partial charge in [0.05, 0.1) is 11.2 Å². The normalized spacial score (nSPS) is 40.2. The maximum atomic E-state index is 6.36. The Morgan fingerprint density at radius 1 is 1.13 bits per heavy atom. The van der Waals surface area contributed by atoms with Crippen LogP contribution >= 0.6 is 0 Å². The van der Waals surface area contributed by atoms with Gasteiger partial charge in [-0.1, -0.05) is 20.3 Å². The number of hydrogen-bond acceptors (Lipinski definition) is 1. The molecule has 1 heteroatoms. The van der Waals surface area contributed by atoms with Gasteiger partial charge in [0.15, 0.2) is 0 Å². The van der Waals surface area contributed by atoms with Crippen LogP contribution in [0, 0.1) is 11.8 Å². The molecule has 1 aliphatic carbocycles. The Balaban J connectivity index is 2.04. The third-order valence-electron chi connectivity index (χ3n) is 4.46. The van der Waals surface area contributed by atoms with Crippen molar-refractivity contribution in [1.29, 1.82) is 0 Å². The summed E-state index contributed by atoms with van der Waals surface area (Å²) >= 11 is 0. The van der Waals surface area contributed by atoms with Gasteiger partial charge >= 0.3 is 0 Å². The van der Waals surface area contributed by atoms with E-state index < -0.39 is 0 Å². The van der Waals surface area contributed by atoms with Crippen molar-refractivity contribution in [2.24, 2.45) is 11.8 Å². The number of rotatable bonds is 1. The van der Waals surface area contributed by atoms with Crippen LogP contribution in [0.1, 0.15) is 66.2 Å². The lowest BCUT2D eigenvalue weighted by Gasteiger charge is -2.40. The summed E-state index contributed by atoms with van der Waals surface area (Å²) in [6, 6.07) is 0. The molecule has 0 bridgehead atoms. The summed E-state index contributed by atoms with van der Waals surface area (Å²) in [6.07, 6.45) is 7.96. The second-order valence-corrected chi connectivity index (χ2v) is 6.65. The van der Waals surface area contributed by atoms with Gasteiger partial charge in [-0.25, -0.2) is 0 Å². The summed E-state index contributed by atoms with van der Waals surface area (Å²) in [5.74, 6) is 1.72. The highest BCUT2D eigenvalue weighted by atomic mass is 16.5. The third kappa shape index (κ3) is 2.38. The van der Waals surface area contributed by atoms with Gasteiger partial charge in [-0.15, -0.1) is 0 Å². The summed E-state index contributed by atoms with van der Waals surface area (Å²) in [5.41, 5.74) is 0.398. The summed E-state index contributed by atoms with van der Waals surface area (Å²) in [4.78, 5) is 0. The summed E-state index contributed by atoms with van der Waals surface area (Å²) in [6.45, 7) is 9.23. The minimum absolute atomic E-state index is 0.138. The fraction of sp³-hybridized carbons (Fsp3) is 1.00. The first-order chi connectivity index (χ1) is 6.93. The molecular weight excluding hydrogens is 184 g/mol. The van der Waals surface area contributed by atoms with Crippen LogP contribution in [0.5, 0.6) is 0 Å². The number of hydrogen-bond donors (Lipinski definition) is 0. The van der Waals surface area contributed by atoms with Crippen molar-refractivity contribution in [2.75, 3.05) is 0 Å².